The van der Waals surface area contributed by atoms with Gasteiger partial charge in [-0.05, 0) is 63.5 Å². The minimum atomic E-state index is -4.39. The second-order valence-electron chi connectivity index (χ2n) is 6.49. The Morgan fingerprint density at radius 3 is 2.05 bits per heavy atom. The fourth-order valence-corrected chi connectivity index (χ4v) is 3.14. The number of hydrogen-bond acceptors (Lipinski definition) is 1. The summed E-state index contributed by atoms with van der Waals surface area (Å²) in [7, 11) is 0. The molecule has 0 atom stereocenters. The van der Waals surface area contributed by atoms with Crippen LogP contribution in [0.5, 0.6) is 0 Å². The zero-order valence-electron chi connectivity index (χ0n) is 12.8. The highest BCUT2D eigenvalue weighted by atomic mass is 19.4. The van der Waals surface area contributed by atoms with Crippen LogP contribution in [0.1, 0.15) is 45.7 Å². The van der Waals surface area contributed by atoms with Gasteiger partial charge in [0.1, 0.15) is 0 Å². The molecule has 0 fully saturated rings. The monoisotopic (exact) mass is 298 g/mol. The summed E-state index contributed by atoms with van der Waals surface area (Å²) in [6, 6.07) is 5.18. The van der Waals surface area contributed by atoms with Crippen LogP contribution in [0.4, 0.5) is 13.2 Å². The smallest absolute Gasteiger partial charge is 0.166 e. The highest BCUT2D eigenvalue weighted by Crippen LogP contribution is 2.48. The molecule has 0 N–H and O–H groups in total. The lowest BCUT2D eigenvalue weighted by Crippen LogP contribution is -2.47. The van der Waals surface area contributed by atoms with Crippen LogP contribution in [0.3, 0.4) is 0 Å². The molecule has 1 aliphatic rings. The quantitative estimate of drug-likeness (QED) is 0.737. The second kappa shape index (κ2) is 4.58. The first-order valence-electron chi connectivity index (χ1n) is 6.77. The minimum Gasteiger partial charge on any atom is -0.166 e. The van der Waals surface area contributed by atoms with Crippen molar-refractivity contribution in [3.63, 3.8) is 0 Å². The highest BCUT2D eigenvalue weighted by Gasteiger charge is 2.50. The molecule has 1 aromatic rings. The Hall–Kier alpha value is -1.33. The highest BCUT2D eigenvalue weighted by molar-refractivity contribution is 5.79. The van der Waals surface area contributed by atoms with E-state index in [0.29, 0.717) is 11.1 Å². The molecule has 1 heterocycles. The topological polar surface area (TPSA) is 23.1 Å². The summed E-state index contributed by atoms with van der Waals surface area (Å²) in [4.78, 5) is 0. The van der Waals surface area contributed by atoms with Crippen LogP contribution in [0.2, 0.25) is 0 Å². The molecule has 21 heavy (non-hydrogen) atoms. The normalized spacial score (nSPS) is 22.0. The van der Waals surface area contributed by atoms with E-state index >= 15 is 0 Å². The SMILES string of the molecule is CC1=C(c2cccc(C(F)(F)F)c2)C(C)(C)N([O])C1(C)C. The number of halogens is 3. The molecule has 115 valence electrons. The summed E-state index contributed by atoms with van der Waals surface area (Å²) in [5.41, 5.74) is -0.349. The van der Waals surface area contributed by atoms with Gasteiger partial charge in [-0.25, -0.2) is 0 Å². The summed E-state index contributed by atoms with van der Waals surface area (Å²) < 4.78 is 38.7. The van der Waals surface area contributed by atoms with E-state index in [1.165, 1.54) is 6.07 Å². The van der Waals surface area contributed by atoms with Gasteiger partial charge < -0.3 is 0 Å². The molecule has 1 aliphatic heterocycles. The van der Waals surface area contributed by atoms with Gasteiger partial charge in [0.2, 0.25) is 0 Å². The summed E-state index contributed by atoms with van der Waals surface area (Å²) >= 11 is 0. The first-order valence-corrected chi connectivity index (χ1v) is 6.77. The lowest BCUT2D eigenvalue weighted by Gasteiger charge is -2.34. The van der Waals surface area contributed by atoms with Gasteiger partial charge in [-0.3, -0.25) is 0 Å². The van der Waals surface area contributed by atoms with Crippen molar-refractivity contribution in [2.24, 2.45) is 0 Å². The fraction of sp³-hybridized carbons (Fsp3) is 0.500. The molecule has 5 heteroatoms. The largest absolute Gasteiger partial charge is 0.416 e. The second-order valence-corrected chi connectivity index (χ2v) is 6.49. The van der Waals surface area contributed by atoms with E-state index in [2.05, 4.69) is 0 Å². The fourth-order valence-electron chi connectivity index (χ4n) is 3.14. The number of hydroxylamine groups is 2. The molecule has 2 rings (SSSR count). The van der Waals surface area contributed by atoms with Crippen molar-refractivity contribution in [3.05, 3.63) is 41.0 Å². The molecule has 0 saturated heterocycles. The van der Waals surface area contributed by atoms with Crippen LogP contribution in [0.25, 0.3) is 5.57 Å². The molecule has 0 spiro atoms. The lowest BCUT2D eigenvalue weighted by atomic mass is 9.86. The van der Waals surface area contributed by atoms with Gasteiger partial charge in [0, 0.05) is 0 Å². The standard InChI is InChI=1S/C16H19F3NO/c1-10-13(15(4,5)20(21)14(10,2)3)11-7-6-8-12(9-11)16(17,18)19/h6-9H,1-5H3. The number of rotatable bonds is 1. The Labute approximate surface area is 122 Å². The minimum absolute atomic E-state index is 0.457. The Bertz CT molecular complexity index is 600. The third-order valence-electron chi connectivity index (χ3n) is 4.40. The van der Waals surface area contributed by atoms with E-state index in [9.17, 15) is 18.4 Å². The Morgan fingerprint density at radius 1 is 1.05 bits per heavy atom. The third kappa shape index (κ3) is 2.38. The van der Waals surface area contributed by atoms with Crippen molar-refractivity contribution in [1.82, 2.24) is 5.06 Å². The Balaban J connectivity index is 2.64. The van der Waals surface area contributed by atoms with Crippen molar-refractivity contribution in [3.8, 4) is 0 Å². The maximum absolute atomic E-state index is 12.9. The van der Waals surface area contributed by atoms with Gasteiger partial charge in [0.15, 0.2) is 0 Å². The zero-order chi connectivity index (χ0) is 16.2. The molecule has 0 unspecified atom stereocenters. The zero-order valence-corrected chi connectivity index (χ0v) is 12.8. The number of alkyl halides is 3. The lowest BCUT2D eigenvalue weighted by molar-refractivity contribution is -0.236. The van der Waals surface area contributed by atoms with Gasteiger partial charge in [-0.1, -0.05) is 12.1 Å². The van der Waals surface area contributed by atoms with Crippen LogP contribution in [0, 0.1) is 0 Å². The molecule has 0 aromatic heterocycles. The van der Waals surface area contributed by atoms with E-state index in [-0.39, 0.29) is 0 Å². The summed E-state index contributed by atoms with van der Waals surface area (Å²) in [6.07, 6.45) is -4.39. The van der Waals surface area contributed by atoms with E-state index in [4.69, 9.17) is 0 Å². The first kappa shape index (κ1) is 16.0. The maximum atomic E-state index is 12.9. The van der Waals surface area contributed by atoms with E-state index in [1.54, 1.807) is 33.8 Å². The summed E-state index contributed by atoms with van der Waals surface area (Å²) in [5, 5.41) is 13.4. The summed E-state index contributed by atoms with van der Waals surface area (Å²) in [6.45, 7) is 8.88. The average molecular weight is 298 g/mol. The molecular weight excluding hydrogens is 279 g/mol. The third-order valence-corrected chi connectivity index (χ3v) is 4.40. The van der Waals surface area contributed by atoms with Gasteiger partial charge in [0.25, 0.3) is 0 Å². The van der Waals surface area contributed by atoms with Crippen molar-refractivity contribution in [2.45, 2.75) is 51.9 Å². The molecule has 0 aliphatic carbocycles. The molecule has 2 nitrogen and oxygen atoms in total. The molecule has 0 bridgehead atoms. The van der Waals surface area contributed by atoms with E-state index in [0.717, 1.165) is 22.8 Å². The molecule has 0 saturated carbocycles. The van der Waals surface area contributed by atoms with E-state index in [1.807, 2.05) is 6.92 Å². The van der Waals surface area contributed by atoms with Crippen LogP contribution in [-0.4, -0.2) is 16.1 Å². The average Bonchev–Trinajstić information content (AvgIpc) is 2.47. The number of hydrogen-bond donors (Lipinski definition) is 0. The predicted octanol–water partition coefficient (Wildman–Crippen LogP) is 4.70. The van der Waals surface area contributed by atoms with Gasteiger partial charge in [-0.2, -0.15) is 13.2 Å². The number of benzene rings is 1. The van der Waals surface area contributed by atoms with Gasteiger partial charge >= 0.3 is 6.18 Å². The van der Waals surface area contributed by atoms with Crippen LogP contribution in [0.15, 0.2) is 29.8 Å². The van der Waals surface area contributed by atoms with Gasteiger partial charge in [0.05, 0.1) is 16.6 Å². The van der Waals surface area contributed by atoms with Gasteiger partial charge in [-0.15, -0.1) is 10.3 Å². The first-order chi connectivity index (χ1) is 9.40. The van der Waals surface area contributed by atoms with Crippen molar-refractivity contribution in [2.75, 3.05) is 0 Å². The maximum Gasteiger partial charge on any atom is 0.416 e. The molecule has 1 radical (unpaired) electrons. The molecule has 1 aromatic carbocycles. The molecule has 0 amide bonds. The van der Waals surface area contributed by atoms with Crippen molar-refractivity contribution < 1.29 is 18.4 Å². The Kier molecular flexibility index (Phi) is 3.50. The predicted molar refractivity (Wildman–Crippen MR) is 74.7 cm³/mol. The van der Waals surface area contributed by atoms with Crippen molar-refractivity contribution in [1.29, 1.82) is 0 Å². The number of nitrogens with zero attached hydrogens (tertiary/aromatic N) is 1. The van der Waals surface area contributed by atoms with Crippen LogP contribution < -0.4 is 0 Å². The Morgan fingerprint density at radius 2 is 1.62 bits per heavy atom. The van der Waals surface area contributed by atoms with E-state index < -0.39 is 22.8 Å². The van der Waals surface area contributed by atoms with Crippen molar-refractivity contribution >= 4 is 5.57 Å². The van der Waals surface area contributed by atoms with Crippen LogP contribution in [-0.2, 0) is 11.4 Å². The summed E-state index contributed by atoms with van der Waals surface area (Å²) in [5.74, 6) is 0. The molecular formula is C16H19F3NO. The van der Waals surface area contributed by atoms with Crippen LogP contribution >= 0.6 is 0 Å².